The molecule has 0 saturated heterocycles. The van der Waals surface area contributed by atoms with Crippen LogP contribution in [0.15, 0.2) is 48.5 Å². The van der Waals surface area contributed by atoms with Crippen molar-refractivity contribution >= 4 is 23.5 Å². The molecule has 7 nitrogen and oxygen atoms in total. The summed E-state index contributed by atoms with van der Waals surface area (Å²) < 4.78 is 5.67. The second-order valence-electron chi connectivity index (χ2n) is 6.88. The molecule has 146 valence electrons. The molecule has 7 heteroatoms. The lowest BCUT2D eigenvalue weighted by Crippen LogP contribution is -2.40. The van der Waals surface area contributed by atoms with Gasteiger partial charge < -0.3 is 20.5 Å². The number of carbonyl (C=O) groups is 3. The number of ether oxygens (including phenoxy) is 1. The minimum atomic E-state index is -0.980. The van der Waals surface area contributed by atoms with Gasteiger partial charge in [0.2, 0.25) is 0 Å². The Kier molecular flexibility index (Phi) is 5.63. The number of aliphatic carboxylic acids is 1. The average Bonchev–Trinajstić information content (AvgIpc) is 3.11. The van der Waals surface area contributed by atoms with Crippen molar-refractivity contribution in [3.8, 4) is 5.75 Å². The molecule has 28 heavy (non-hydrogen) atoms. The first-order valence-corrected chi connectivity index (χ1v) is 9.04. The summed E-state index contributed by atoms with van der Waals surface area (Å²) in [5.41, 5.74) is 1.78. The fourth-order valence-corrected chi connectivity index (χ4v) is 2.92. The largest absolute Gasteiger partial charge is 0.481 e. The maximum absolute atomic E-state index is 12.5. The Hall–Kier alpha value is -3.35. The lowest BCUT2D eigenvalue weighted by molar-refractivity contribution is -0.141. The number of hydrogen-bond acceptors (Lipinski definition) is 4. The number of carboxylic acids is 1. The highest BCUT2D eigenvalue weighted by Gasteiger charge is 2.29. The van der Waals surface area contributed by atoms with Crippen molar-refractivity contribution in [3.63, 3.8) is 0 Å². The number of carboxylic acid groups (broad SMARTS) is 1. The van der Waals surface area contributed by atoms with Gasteiger partial charge in [0.1, 0.15) is 5.75 Å². The van der Waals surface area contributed by atoms with Crippen LogP contribution in [0.2, 0.25) is 0 Å². The predicted molar refractivity (Wildman–Crippen MR) is 103 cm³/mol. The van der Waals surface area contributed by atoms with Crippen LogP contribution in [-0.4, -0.2) is 35.0 Å². The zero-order valence-corrected chi connectivity index (χ0v) is 15.6. The van der Waals surface area contributed by atoms with Gasteiger partial charge in [0, 0.05) is 23.7 Å². The van der Waals surface area contributed by atoms with E-state index in [1.165, 1.54) is 6.92 Å². The van der Waals surface area contributed by atoms with E-state index in [0.717, 1.165) is 5.56 Å². The molecule has 3 atom stereocenters. The zero-order chi connectivity index (χ0) is 20.3. The number of carbonyl (C=O) groups excluding carboxylic acids is 2. The molecular formula is C21H22N2O5. The molecule has 0 aromatic heterocycles. The van der Waals surface area contributed by atoms with Gasteiger partial charge in [-0.2, -0.15) is 0 Å². The zero-order valence-electron chi connectivity index (χ0n) is 15.6. The second kappa shape index (κ2) is 8.12. The molecule has 0 radical (unpaired) electrons. The van der Waals surface area contributed by atoms with Crippen molar-refractivity contribution in [1.29, 1.82) is 0 Å². The minimum Gasteiger partial charge on any atom is -0.481 e. The van der Waals surface area contributed by atoms with Crippen LogP contribution in [0.1, 0.15) is 29.8 Å². The van der Waals surface area contributed by atoms with Gasteiger partial charge >= 0.3 is 5.97 Å². The smallest absolute Gasteiger partial charge is 0.308 e. The number of rotatable bonds is 6. The SMILES string of the molecule is CC(NC(=O)c1cccc(NC(=O)C2Cc3ccccc3O2)c1)C(C)C(=O)O. The Labute approximate surface area is 162 Å². The Morgan fingerprint density at radius 3 is 2.57 bits per heavy atom. The summed E-state index contributed by atoms with van der Waals surface area (Å²) in [6.07, 6.45) is -0.126. The van der Waals surface area contributed by atoms with Crippen molar-refractivity contribution in [3.05, 3.63) is 59.7 Å². The van der Waals surface area contributed by atoms with E-state index in [-0.39, 0.29) is 5.91 Å². The number of para-hydroxylation sites is 1. The molecule has 2 aromatic carbocycles. The monoisotopic (exact) mass is 382 g/mol. The molecule has 3 rings (SSSR count). The highest BCUT2D eigenvalue weighted by Crippen LogP contribution is 2.28. The Morgan fingerprint density at radius 1 is 1.11 bits per heavy atom. The van der Waals surface area contributed by atoms with E-state index < -0.39 is 29.9 Å². The van der Waals surface area contributed by atoms with E-state index >= 15 is 0 Å². The van der Waals surface area contributed by atoms with Gasteiger partial charge in [-0.05, 0) is 43.7 Å². The summed E-state index contributed by atoms with van der Waals surface area (Å²) >= 11 is 0. The summed E-state index contributed by atoms with van der Waals surface area (Å²) in [5.74, 6) is -1.68. The van der Waals surface area contributed by atoms with Crippen LogP contribution in [0.25, 0.3) is 0 Å². The van der Waals surface area contributed by atoms with Crippen molar-refractivity contribution < 1.29 is 24.2 Å². The maximum atomic E-state index is 12.5. The third-order valence-electron chi connectivity index (χ3n) is 4.83. The van der Waals surface area contributed by atoms with Gasteiger partial charge in [-0.15, -0.1) is 0 Å². The van der Waals surface area contributed by atoms with Crippen LogP contribution in [0.3, 0.4) is 0 Å². The lowest BCUT2D eigenvalue weighted by atomic mass is 10.0. The maximum Gasteiger partial charge on any atom is 0.308 e. The predicted octanol–water partition coefficient (Wildman–Crippen LogP) is 2.47. The molecular weight excluding hydrogens is 360 g/mol. The third-order valence-corrected chi connectivity index (χ3v) is 4.83. The fraction of sp³-hybridized carbons (Fsp3) is 0.286. The third kappa shape index (κ3) is 4.31. The van der Waals surface area contributed by atoms with Gasteiger partial charge in [-0.25, -0.2) is 0 Å². The molecule has 1 aliphatic rings. The van der Waals surface area contributed by atoms with Crippen molar-refractivity contribution in [2.24, 2.45) is 5.92 Å². The molecule has 0 spiro atoms. The van der Waals surface area contributed by atoms with Crippen LogP contribution in [-0.2, 0) is 16.0 Å². The summed E-state index contributed by atoms with van der Waals surface area (Å²) in [6.45, 7) is 3.17. The average molecular weight is 382 g/mol. The molecule has 3 N–H and O–H groups in total. The van der Waals surface area contributed by atoms with Crippen LogP contribution >= 0.6 is 0 Å². The lowest BCUT2D eigenvalue weighted by Gasteiger charge is -2.18. The number of hydrogen-bond donors (Lipinski definition) is 3. The van der Waals surface area contributed by atoms with Crippen LogP contribution in [0.5, 0.6) is 5.75 Å². The number of benzene rings is 2. The molecule has 2 aromatic rings. The van der Waals surface area contributed by atoms with Crippen molar-refractivity contribution in [1.82, 2.24) is 5.32 Å². The van der Waals surface area contributed by atoms with Crippen molar-refractivity contribution in [2.75, 3.05) is 5.32 Å². The van der Waals surface area contributed by atoms with Crippen LogP contribution in [0.4, 0.5) is 5.69 Å². The number of nitrogens with one attached hydrogen (secondary N) is 2. The Bertz CT molecular complexity index is 886. The molecule has 0 saturated carbocycles. The highest BCUT2D eigenvalue weighted by molar-refractivity contribution is 5.98. The molecule has 2 amide bonds. The van der Waals surface area contributed by atoms with Crippen molar-refractivity contribution in [2.45, 2.75) is 32.4 Å². The summed E-state index contributed by atoms with van der Waals surface area (Å²) in [4.78, 5) is 35.9. The first kappa shape index (κ1) is 19.4. The van der Waals surface area contributed by atoms with Crippen LogP contribution in [0, 0.1) is 5.92 Å². The van der Waals surface area contributed by atoms with Gasteiger partial charge in [0.05, 0.1) is 5.92 Å². The van der Waals surface area contributed by atoms with E-state index in [1.807, 2.05) is 24.3 Å². The summed E-state index contributed by atoms with van der Waals surface area (Å²) in [6, 6.07) is 13.5. The topological polar surface area (TPSA) is 105 Å². The molecule has 0 aliphatic carbocycles. The van der Waals surface area contributed by atoms with E-state index in [9.17, 15) is 14.4 Å². The number of fused-ring (bicyclic) bond motifs is 1. The summed E-state index contributed by atoms with van der Waals surface area (Å²) in [7, 11) is 0. The minimum absolute atomic E-state index is 0.290. The molecule has 0 bridgehead atoms. The van der Waals surface area contributed by atoms with E-state index in [2.05, 4.69) is 10.6 Å². The van der Waals surface area contributed by atoms with E-state index in [4.69, 9.17) is 9.84 Å². The Balaban J connectivity index is 1.63. The number of amides is 2. The van der Waals surface area contributed by atoms with E-state index in [0.29, 0.717) is 23.4 Å². The molecule has 1 aliphatic heterocycles. The van der Waals surface area contributed by atoms with Gasteiger partial charge in [-0.1, -0.05) is 24.3 Å². The fourth-order valence-electron chi connectivity index (χ4n) is 2.92. The standard InChI is InChI=1S/C21H22N2O5/c1-12(21(26)27)13(2)22-19(24)15-7-5-8-16(10-15)23-20(25)18-11-14-6-3-4-9-17(14)28-18/h3-10,12-13,18H,11H2,1-2H3,(H,22,24)(H,23,25)(H,26,27). The van der Waals surface area contributed by atoms with E-state index in [1.54, 1.807) is 31.2 Å². The molecule has 1 heterocycles. The Morgan fingerprint density at radius 2 is 1.86 bits per heavy atom. The summed E-state index contributed by atoms with van der Waals surface area (Å²) in [5, 5.41) is 14.5. The molecule has 3 unspecified atom stereocenters. The van der Waals surface area contributed by atoms with Crippen LogP contribution < -0.4 is 15.4 Å². The van der Waals surface area contributed by atoms with Gasteiger partial charge in [-0.3, -0.25) is 14.4 Å². The quantitative estimate of drug-likeness (QED) is 0.712. The first-order valence-electron chi connectivity index (χ1n) is 9.04. The highest BCUT2D eigenvalue weighted by atomic mass is 16.5. The second-order valence-corrected chi connectivity index (χ2v) is 6.88. The number of anilines is 1. The first-order chi connectivity index (χ1) is 13.3. The molecule has 0 fully saturated rings. The normalized spacial score (nSPS) is 17.0. The van der Waals surface area contributed by atoms with Gasteiger partial charge in [0.15, 0.2) is 6.10 Å². The van der Waals surface area contributed by atoms with Gasteiger partial charge in [0.25, 0.3) is 11.8 Å².